The van der Waals surface area contributed by atoms with Crippen LogP contribution >= 0.6 is 0 Å². The molecule has 3 rings (SSSR count). The fourth-order valence-electron chi connectivity index (χ4n) is 2.21. The molecule has 0 unspecified atom stereocenters. The molecule has 6 heteroatoms. The van der Waals surface area contributed by atoms with Crippen molar-refractivity contribution in [2.24, 2.45) is 5.73 Å². The Balaban J connectivity index is 2.03. The van der Waals surface area contributed by atoms with Crippen molar-refractivity contribution in [1.82, 2.24) is 20.3 Å². The molecule has 6 nitrogen and oxygen atoms in total. The van der Waals surface area contributed by atoms with Gasteiger partial charge >= 0.3 is 0 Å². The van der Waals surface area contributed by atoms with E-state index in [0.29, 0.717) is 6.54 Å². The highest BCUT2D eigenvalue weighted by Gasteiger charge is 2.08. The fourth-order valence-corrected chi connectivity index (χ4v) is 2.21. The maximum absolute atomic E-state index is 5.58. The Morgan fingerprint density at radius 3 is 3.05 bits per heavy atom. The van der Waals surface area contributed by atoms with Crippen molar-refractivity contribution in [3.63, 3.8) is 0 Å². The lowest BCUT2D eigenvalue weighted by Crippen LogP contribution is -2.09. The number of aromatic amines is 1. The lowest BCUT2D eigenvalue weighted by molar-refractivity contribution is 0.415. The zero-order valence-electron chi connectivity index (χ0n) is 12.0. The predicted octanol–water partition coefficient (Wildman–Crippen LogP) is 2.03. The van der Waals surface area contributed by atoms with Crippen molar-refractivity contribution in [2.75, 3.05) is 7.11 Å². The van der Waals surface area contributed by atoms with Crippen LogP contribution in [0.25, 0.3) is 21.9 Å². The number of nitrogens with one attached hydrogen (secondary N) is 2. The van der Waals surface area contributed by atoms with Crippen molar-refractivity contribution in [3.8, 4) is 5.75 Å². The van der Waals surface area contributed by atoms with Crippen LogP contribution in [0.1, 0.15) is 12.7 Å². The van der Waals surface area contributed by atoms with Gasteiger partial charge in [0.15, 0.2) is 0 Å². The number of H-pyrrole nitrogens is 1. The molecule has 0 spiro atoms. The summed E-state index contributed by atoms with van der Waals surface area (Å²) in [4.78, 5) is 12.3. The van der Waals surface area contributed by atoms with Gasteiger partial charge in [0.2, 0.25) is 0 Å². The van der Waals surface area contributed by atoms with Crippen LogP contribution in [0.3, 0.4) is 0 Å². The Kier molecular flexibility index (Phi) is 3.35. The van der Waals surface area contributed by atoms with Crippen LogP contribution in [-0.2, 0) is 6.54 Å². The third-order valence-electron chi connectivity index (χ3n) is 3.18. The average molecular weight is 283 g/mol. The number of pyridine rings is 1. The number of aromatic nitrogens is 3. The standard InChI is InChI=1S/C15H17N5O/c1-9(16)6-17-8-14-19-13-7-18-12-4-3-10(21-2)5-11(12)15(13)20-14/h3-7,17H,8,16H2,1-2H3,(H,19,20)/b9-6-. The second kappa shape index (κ2) is 5.32. The molecule has 0 bridgehead atoms. The van der Waals surface area contributed by atoms with Gasteiger partial charge in [-0.15, -0.1) is 0 Å². The highest BCUT2D eigenvalue weighted by Crippen LogP contribution is 2.25. The van der Waals surface area contributed by atoms with E-state index in [2.05, 4.69) is 20.3 Å². The highest BCUT2D eigenvalue weighted by atomic mass is 16.5. The molecule has 2 aromatic heterocycles. The topological polar surface area (TPSA) is 88.8 Å². The first kappa shape index (κ1) is 13.2. The number of nitrogens with two attached hydrogens (primary N) is 1. The second-order valence-electron chi connectivity index (χ2n) is 4.85. The summed E-state index contributed by atoms with van der Waals surface area (Å²) in [5, 5.41) is 4.10. The van der Waals surface area contributed by atoms with Crippen molar-refractivity contribution >= 4 is 21.9 Å². The number of allylic oxidation sites excluding steroid dienone is 1. The van der Waals surface area contributed by atoms with Crippen molar-refractivity contribution in [3.05, 3.63) is 42.1 Å². The van der Waals surface area contributed by atoms with E-state index >= 15 is 0 Å². The number of fused-ring (bicyclic) bond motifs is 3. The molecule has 0 aliphatic heterocycles. The first-order chi connectivity index (χ1) is 10.2. The van der Waals surface area contributed by atoms with Gasteiger partial charge in [-0.05, 0) is 25.1 Å². The number of benzene rings is 1. The van der Waals surface area contributed by atoms with Crippen molar-refractivity contribution in [1.29, 1.82) is 0 Å². The number of imidazole rings is 1. The van der Waals surface area contributed by atoms with E-state index in [1.165, 1.54) is 0 Å². The first-order valence-electron chi connectivity index (χ1n) is 6.64. The average Bonchev–Trinajstić information content (AvgIpc) is 2.89. The van der Waals surface area contributed by atoms with E-state index in [1.54, 1.807) is 19.5 Å². The molecule has 108 valence electrons. The smallest absolute Gasteiger partial charge is 0.126 e. The van der Waals surface area contributed by atoms with Gasteiger partial charge in [0, 0.05) is 17.3 Å². The van der Waals surface area contributed by atoms with Crippen LogP contribution in [-0.4, -0.2) is 22.1 Å². The van der Waals surface area contributed by atoms with Gasteiger partial charge < -0.3 is 20.8 Å². The molecule has 0 amide bonds. The normalized spacial score (nSPS) is 12.0. The number of hydrogen-bond acceptors (Lipinski definition) is 5. The largest absolute Gasteiger partial charge is 0.497 e. The molecule has 0 aliphatic rings. The Bertz CT molecular complexity index is 817. The van der Waals surface area contributed by atoms with Crippen LogP contribution in [0.4, 0.5) is 0 Å². The lowest BCUT2D eigenvalue weighted by atomic mass is 10.2. The van der Waals surface area contributed by atoms with Crippen LogP contribution in [0.5, 0.6) is 5.75 Å². The molecule has 0 fully saturated rings. The van der Waals surface area contributed by atoms with Crippen LogP contribution in [0, 0.1) is 0 Å². The maximum Gasteiger partial charge on any atom is 0.126 e. The molecule has 0 aliphatic carbocycles. The van der Waals surface area contributed by atoms with Crippen LogP contribution in [0.15, 0.2) is 36.3 Å². The third kappa shape index (κ3) is 2.60. The minimum absolute atomic E-state index is 0.578. The molecule has 0 saturated heterocycles. The van der Waals surface area contributed by atoms with Crippen LogP contribution in [0.2, 0.25) is 0 Å². The molecule has 21 heavy (non-hydrogen) atoms. The number of methoxy groups -OCH3 is 1. The number of ether oxygens (including phenoxy) is 1. The minimum atomic E-state index is 0.578. The van der Waals surface area contributed by atoms with E-state index in [0.717, 1.165) is 39.2 Å². The molecule has 0 atom stereocenters. The summed E-state index contributed by atoms with van der Waals surface area (Å²) < 4.78 is 5.27. The molecule has 1 aromatic carbocycles. The van der Waals surface area contributed by atoms with Gasteiger partial charge in [0.25, 0.3) is 0 Å². The molecule has 0 radical (unpaired) electrons. The third-order valence-corrected chi connectivity index (χ3v) is 3.18. The van der Waals surface area contributed by atoms with Gasteiger partial charge in [0.1, 0.15) is 17.1 Å². The van der Waals surface area contributed by atoms with E-state index in [-0.39, 0.29) is 0 Å². The molecule has 4 N–H and O–H groups in total. The summed E-state index contributed by atoms with van der Waals surface area (Å²) in [7, 11) is 1.65. The highest BCUT2D eigenvalue weighted by molar-refractivity contribution is 6.02. The Morgan fingerprint density at radius 2 is 2.29 bits per heavy atom. The summed E-state index contributed by atoms with van der Waals surface area (Å²) in [6.45, 7) is 2.41. The SMILES string of the molecule is COc1ccc2ncc3nc(CN/C=C(/C)N)[nH]c3c2c1. The van der Waals surface area contributed by atoms with Gasteiger partial charge in [-0.3, -0.25) is 4.98 Å². The van der Waals surface area contributed by atoms with E-state index < -0.39 is 0 Å². The monoisotopic (exact) mass is 283 g/mol. The molecule has 3 aromatic rings. The lowest BCUT2D eigenvalue weighted by Gasteiger charge is -2.02. The summed E-state index contributed by atoms with van der Waals surface area (Å²) in [6.07, 6.45) is 3.53. The second-order valence-corrected chi connectivity index (χ2v) is 4.85. The first-order valence-corrected chi connectivity index (χ1v) is 6.64. The van der Waals surface area contributed by atoms with E-state index in [1.807, 2.05) is 25.1 Å². The summed E-state index contributed by atoms with van der Waals surface area (Å²) >= 11 is 0. The van der Waals surface area contributed by atoms with Crippen molar-refractivity contribution < 1.29 is 4.74 Å². The van der Waals surface area contributed by atoms with Crippen LogP contribution < -0.4 is 15.8 Å². The van der Waals surface area contributed by atoms with Gasteiger partial charge in [-0.1, -0.05) is 0 Å². The minimum Gasteiger partial charge on any atom is -0.497 e. The Labute approximate surface area is 122 Å². The predicted molar refractivity (Wildman–Crippen MR) is 82.7 cm³/mol. The summed E-state index contributed by atoms with van der Waals surface area (Å²) in [6, 6.07) is 5.80. The van der Waals surface area contributed by atoms with E-state index in [4.69, 9.17) is 10.5 Å². The molecule has 0 saturated carbocycles. The summed E-state index contributed by atoms with van der Waals surface area (Å²) in [5.74, 6) is 1.63. The van der Waals surface area contributed by atoms with Crippen molar-refractivity contribution in [2.45, 2.75) is 13.5 Å². The molecular weight excluding hydrogens is 266 g/mol. The number of nitrogens with zero attached hydrogens (tertiary/aromatic N) is 2. The quantitative estimate of drug-likeness (QED) is 0.681. The van der Waals surface area contributed by atoms with Gasteiger partial charge in [-0.2, -0.15) is 0 Å². The van der Waals surface area contributed by atoms with Gasteiger partial charge in [-0.25, -0.2) is 4.98 Å². The zero-order chi connectivity index (χ0) is 14.8. The number of hydrogen-bond donors (Lipinski definition) is 3. The number of rotatable bonds is 4. The zero-order valence-corrected chi connectivity index (χ0v) is 12.0. The van der Waals surface area contributed by atoms with E-state index in [9.17, 15) is 0 Å². The Morgan fingerprint density at radius 1 is 1.43 bits per heavy atom. The maximum atomic E-state index is 5.58. The fraction of sp³-hybridized carbons (Fsp3) is 0.200. The summed E-state index contributed by atoms with van der Waals surface area (Å²) in [5.41, 5.74) is 9.01. The van der Waals surface area contributed by atoms with Gasteiger partial charge in [0.05, 0.1) is 30.9 Å². The Hall–Kier alpha value is -2.76. The molecular formula is C15H17N5O. The molecule has 2 heterocycles.